The maximum atomic E-state index is 11.9. The third kappa shape index (κ3) is 7.78. The molecule has 0 aliphatic rings. The Kier molecular flexibility index (Phi) is 8.23. The molecule has 3 aromatic rings. The molecule has 1 aromatic heterocycles. The Morgan fingerprint density at radius 2 is 1.81 bits per heavy atom. The van der Waals surface area contributed by atoms with Gasteiger partial charge in [0.25, 0.3) is 5.19 Å². The quantitative estimate of drug-likeness (QED) is 0.529. The predicted molar refractivity (Wildman–Crippen MR) is 123 cm³/mol. The summed E-state index contributed by atoms with van der Waals surface area (Å²) in [4.78, 5) is 27.9. The van der Waals surface area contributed by atoms with Crippen molar-refractivity contribution in [1.82, 2.24) is 15.6 Å². The zero-order valence-corrected chi connectivity index (χ0v) is 18.6. The molecule has 3 rings (SSSR count). The van der Waals surface area contributed by atoms with Crippen molar-refractivity contribution in [3.8, 4) is 28.5 Å². The number of ether oxygens (including phenoxy) is 2. The third-order valence-electron chi connectivity index (χ3n) is 4.08. The fourth-order valence-electron chi connectivity index (χ4n) is 2.66. The summed E-state index contributed by atoms with van der Waals surface area (Å²) in [5, 5.41) is 5.87. The van der Waals surface area contributed by atoms with Crippen LogP contribution in [0.3, 0.4) is 0 Å². The first-order valence-electron chi connectivity index (χ1n) is 10.00. The standard InChI is InChI=1S/C24H23N3O4S/c1-17(27-18(2)28)8-13-22-16-26-24(32-22)31-21-11-9-20(10-12-21)30-23(29)25-15-14-19-6-4-3-5-7-19/h3-7,9-12,16-17H,14-15H2,1-2H3,(H,25,29)(H,27,28). The van der Waals surface area contributed by atoms with Crippen LogP contribution in [0.2, 0.25) is 0 Å². The number of benzene rings is 2. The fourth-order valence-corrected chi connectivity index (χ4v) is 3.30. The lowest BCUT2D eigenvalue weighted by Crippen LogP contribution is -2.28. The molecule has 1 heterocycles. The number of carbonyl (C=O) groups excluding carboxylic acids is 2. The third-order valence-corrected chi connectivity index (χ3v) is 4.87. The van der Waals surface area contributed by atoms with Gasteiger partial charge in [0, 0.05) is 13.5 Å². The maximum absolute atomic E-state index is 11.9. The van der Waals surface area contributed by atoms with Crippen LogP contribution in [0.5, 0.6) is 16.7 Å². The van der Waals surface area contributed by atoms with Crippen LogP contribution in [0.25, 0.3) is 0 Å². The summed E-state index contributed by atoms with van der Waals surface area (Å²) < 4.78 is 11.0. The SMILES string of the molecule is CC(=O)NC(C)C#Cc1cnc(Oc2ccc(OC(=O)NCCc3ccccc3)cc2)s1. The largest absolute Gasteiger partial charge is 0.431 e. The lowest BCUT2D eigenvalue weighted by molar-refractivity contribution is -0.119. The molecule has 0 fully saturated rings. The Hall–Kier alpha value is -3.83. The van der Waals surface area contributed by atoms with E-state index in [4.69, 9.17) is 9.47 Å². The van der Waals surface area contributed by atoms with Gasteiger partial charge < -0.3 is 20.1 Å². The molecule has 1 unspecified atom stereocenters. The number of nitrogens with one attached hydrogen (secondary N) is 2. The van der Waals surface area contributed by atoms with Crippen molar-refractivity contribution in [1.29, 1.82) is 0 Å². The summed E-state index contributed by atoms with van der Waals surface area (Å²) in [7, 11) is 0. The number of thiazole rings is 1. The summed E-state index contributed by atoms with van der Waals surface area (Å²) in [5.74, 6) is 6.74. The van der Waals surface area contributed by atoms with Crippen molar-refractivity contribution in [3.05, 3.63) is 71.2 Å². The molecule has 0 bridgehead atoms. The summed E-state index contributed by atoms with van der Waals surface area (Å²) in [6.07, 6.45) is 1.84. The lowest BCUT2D eigenvalue weighted by atomic mass is 10.1. The zero-order valence-electron chi connectivity index (χ0n) is 17.8. The Bertz CT molecular complexity index is 1100. The highest BCUT2D eigenvalue weighted by Gasteiger charge is 2.07. The average Bonchev–Trinajstić information content (AvgIpc) is 3.21. The molecule has 164 valence electrons. The Labute approximate surface area is 190 Å². The number of nitrogens with zero attached hydrogens (tertiary/aromatic N) is 1. The Morgan fingerprint density at radius 1 is 1.09 bits per heavy atom. The van der Waals surface area contributed by atoms with Gasteiger partial charge in [-0.1, -0.05) is 53.5 Å². The molecule has 32 heavy (non-hydrogen) atoms. The van der Waals surface area contributed by atoms with Crippen LogP contribution in [0.1, 0.15) is 24.3 Å². The van der Waals surface area contributed by atoms with E-state index in [9.17, 15) is 9.59 Å². The van der Waals surface area contributed by atoms with Crippen LogP contribution in [-0.2, 0) is 11.2 Å². The molecule has 2 N–H and O–H groups in total. The molecule has 2 amide bonds. The van der Waals surface area contributed by atoms with Crippen molar-refractivity contribution in [2.75, 3.05) is 6.54 Å². The molecule has 0 saturated carbocycles. The first kappa shape index (κ1) is 22.8. The highest BCUT2D eigenvalue weighted by molar-refractivity contribution is 7.13. The number of carbonyl (C=O) groups is 2. The fraction of sp³-hybridized carbons (Fsp3) is 0.208. The van der Waals surface area contributed by atoms with E-state index < -0.39 is 6.09 Å². The van der Waals surface area contributed by atoms with Gasteiger partial charge in [-0.3, -0.25) is 4.79 Å². The van der Waals surface area contributed by atoms with Gasteiger partial charge >= 0.3 is 6.09 Å². The van der Waals surface area contributed by atoms with E-state index in [2.05, 4.69) is 27.5 Å². The van der Waals surface area contributed by atoms with Crippen LogP contribution < -0.4 is 20.1 Å². The number of amides is 2. The van der Waals surface area contributed by atoms with Crippen LogP contribution in [-0.4, -0.2) is 29.6 Å². The number of aromatic nitrogens is 1. The van der Waals surface area contributed by atoms with Gasteiger partial charge in [0.15, 0.2) is 0 Å². The van der Waals surface area contributed by atoms with Crippen molar-refractivity contribution >= 4 is 23.3 Å². The second-order valence-corrected chi connectivity index (χ2v) is 7.80. The van der Waals surface area contributed by atoms with Crippen LogP contribution in [0.15, 0.2) is 60.8 Å². The lowest BCUT2D eigenvalue weighted by Gasteiger charge is -2.07. The van der Waals surface area contributed by atoms with Crippen molar-refractivity contribution in [2.24, 2.45) is 0 Å². The molecule has 8 heteroatoms. The van der Waals surface area contributed by atoms with E-state index in [1.54, 1.807) is 37.4 Å². The highest BCUT2D eigenvalue weighted by Crippen LogP contribution is 2.27. The average molecular weight is 450 g/mol. The minimum atomic E-state index is -0.508. The predicted octanol–water partition coefficient (Wildman–Crippen LogP) is 4.14. The molecule has 0 spiro atoms. The van der Waals surface area contributed by atoms with Gasteiger partial charge in [0.2, 0.25) is 5.91 Å². The van der Waals surface area contributed by atoms with E-state index in [0.29, 0.717) is 23.2 Å². The van der Waals surface area contributed by atoms with Gasteiger partial charge in [0.05, 0.1) is 12.2 Å². The first-order valence-corrected chi connectivity index (χ1v) is 10.8. The Balaban J connectivity index is 1.45. The number of rotatable bonds is 7. The first-order chi connectivity index (χ1) is 15.5. The molecule has 0 aliphatic heterocycles. The molecule has 1 atom stereocenters. The maximum Gasteiger partial charge on any atom is 0.412 e. The van der Waals surface area contributed by atoms with E-state index in [1.807, 2.05) is 30.3 Å². The van der Waals surface area contributed by atoms with Gasteiger partial charge in [-0.05, 0) is 43.2 Å². The minimum absolute atomic E-state index is 0.128. The van der Waals surface area contributed by atoms with E-state index in [0.717, 1.165) is 16.9 Å². The summed E-state index contributed by atoms with van der Waals surface area (Å²) >= 11 is 1.30. The van der Waals surface area contributed by atoms with Gasteiger partial charge in [0.1, 0.15) is 16.4 Å². The van der Waals surface area contributed by atoms with E-state index >= 15 is 0 Å². The minimum Gasteiger partial charge on any atom is -0.431 e. The van der Waals surface area contributed by atoms with Crippen molar-refractivity contribution in [2.45, 2.75) is 26.3 Å². The van der Waals surface area contributed by atoms with Gasteiger partial charge in [-0.25, -0.2) is 9.78 Å². The van der Waals surface area contributed by atoms with Gasteiger partial charge in [-0.2, -0.15) is 0 Å². The number of hydrogen-bond acceptors (Lipinski definition) is 6. The van der Waals surface area contributed by atoms with E-state index in [-0.39, 0.29) is 11.9 Å². The molecule has 7 nitrogen and oxygen atoms in total. The molecular weight excluding hydrogens is 426 g/mol. The summed E-state index contributed by atoms with van der Waals surface area (Å²) in [6.45, 7) is 3.74. The van der Waals surface area contributed by atoms with Crippen molar-refractivity contribution in [3.63, 3.8) is 0 Å². The normalized spacial score (nSPS) is 10.9. The van der Waals surface area contributed by atoms with Gasteiger partial charge in [-0.15, -0.1) is 0 Å². The topological polar surface area (TPSA) is 89.6 Å². The summed E-state index contributed by atoms with van der Waals surface area (Å²) in [5.41, 5.74) is 1.15. The second kappa shape index (κ2) is 11.5. The van der Waals surface area contributed by atoms with Crippen molar-refractivity contribution < 1.29 is 19.1 Å². The van der Waals surface area contributed by atoms with Crippen LogP contribution in [0.4, 0.5) is 4.79 Å². The summed E-state index contributed by atoms with van der Waals surface area (Å²) in [6, 6.07) is 16.3. The smallest absolute Gasteiger partial charge is 0.412 e. The molecule has 0 saturated heterocycles. The molecule has 0 radical (unpaired) electrons. The van der Waals surface area contributed by atoms with Crippen LogP contribution in [0, 0.1) is 11.8 Å². The van der Waals surface area contributed by atoms with E-state index in [1.165, 1.54) is 18.3 Å². The van der Waals surface area contributed by atoms with Crippen LogP contribution >= 0.6 is 11.3 Å². The molecular formula is C24H23N3O4S. The highest BCUT2D eigenvalue weighted by atomic mass is 32.1. The Morgan fingerprint density at radius 3 is 2.53 bits per heavy atom. The molecule has 2 aromatic carbocycles. The second-order valence-electron chi connectivity index (χ2n) is 6.81. The molecule has 0 aliphatic carbocycles. The number of hydrogen-bond donors (Lipinski definition) is 2. The monoisotopic (exact) mass is 449 g/mol. The zero-order chi connectivity index (χ0) is 22.8.